The monoisotopic (exact) mass is 414 g/mol. The van der Waals surface area contributed by atoms with Gasteiger partial charge < -0.3 is 19.5 Å². The average molecular weight is 414 g/mol. The third-order valence-electron chi connectivity index (χ3n) is 4.68. The summed E-state index contributed by atoms with van der Waals surface area (Å²) in [4.78, 5) is 35.5. The van der Waals surface area contributed by atoms with E-state index in [4.69, 9.17) is 14.2 Å². The summed E-state index contributed by atoms with van der Waals surface area (Å²) >= 11 is 0. The molecule has 9 heteroatoms. The Morgan fingerprint density at radius 1 is 1.13 bits per heavy atom. The van der Waals surface area contributed by atoms with Gasteiger partial charge in [-0.3, -0.25) is 14.9 Å². The molecule has 0 radical (unpaired) electrons. The van der Waals surface area contributed by atoms with E-state index in [0.717, 1.165) is 11.6 Å². The Balaban J connectivity index is 1.65. The number of nitrogens with zero attached hydrogens (tertiary/aromatic N) is 1. The molecule has 9 nitrogen and oxygen atoms in total. The van der Waals surface area contributed by atoms with Gasteiger partial charge in [0.1, 0.15) is 18.8 Å². The highest BCUT2D eigenvalue weighted by Gasteiger charge is 2.29. The van der Waals surface area contributed by atoms with E-state index in [1.807, 2.05) is 37.3 Å². The molecule has 0 aliphatic carbocycles. The Kier molecular flexibility index (Phi) is 6.51. The Labute approximate surface area is 173 Å². The van der Waals surface area contributed by atoms with Crippen molar-refractivity contribution in [1.82, 2.24) is 5.32 Å². The first kappa shape index (κ1) is 21.1. The Morgan fingerprint density at radius 2 is 1.77 bits per heavy atom. The SMILES string of the molecule is CC(OC(=O)c1cc2c(cc1[N+](=O)[O-])OCCO2)C(=O)NCC(C)c1ccccc1. The lowest BCUT2D eigenvalue weighted by Gasteiger charge is -2.19. The number of fused-ring (bicyclic) bond motifs is 1. The fraction of sp³-hybridized carbons (Fsp3) is 0.333. The van der Waals surface area contributed by atoms with Crippen molar-refractivity contribution < 1.29 is 28.7 Å². The normalized spacial score (nSPS) is 14.3. The number of nitro groups is 1. The lowest BCUT2D eigenvalue weighted by Crippen LogP contribution is -2.37. The number of carbonyl (C=O) groups excluding carboxylic acids is 2. The smallest absolute Gasteiger partial charge is 0.346 e. The van der Waals surface area contributed by atoms with Crippen LogP contribution >= 0.6 is 0 Å². The van der Waals surface area contributed by atoms with E-state index in [2.05, 4.69) is 5.32 Å². The molecule has 2 unspecified atom stereocenters. The highest BCUT2D eigenvalue weighted by molar-refractivity contribution is 5.96. The van der Waals surface area contributed by atoms with Gasteiger partial charge in [0.05, 0.1) is 11.0 Å². The minimum Gasteiger partial charge on any atom is -0.486 e. The van der Waals surface area contributed by atoms with Gasteiger partial charge in [-0.15, -0.1) is 0 Å². The van der Waals surface area contributed by atoms with Crippen molar-refractivity contribution >= 4 is 17.6 Å². The van der Waals surface area contributed by atoms with Crippen LogP contribution in [0.2, 0.25) is 0 Å². The number of ether oxygens (including phenoxy) is 3. The average Bonchev–Trinajstić information content (AvgIpc) is 2.76. The van der Waals surface area contributed by atoms with Crippen molar-refractivity contribution in [1.29, 1.82) is 0 Å². The summed E-state index contributed by atoms with van der Waals surface area (Å²) in [6, 6.07) is 12.0. The lowest BCUT2D eigenvalue weighted by atomic mass is 10.0. The summed E-state index contributed by atoms with van der Waals surface area (Å²) < 4.78 is 15.9. The van der Waals surface area contributed by atoms with Crippen LogP contribution in [0.15, 0.2) is 42.5 Å². The van der Waals surface area contributed by atoms with Crippen LogP contribution in [0.25, 0.3) is 0 Å². The maximum atomic E-state index is 12.5. The molecule has 2 atom stereocenters. The fourth-order valence-corrected chi connectivity index (χ4v) is 2.97. The Bertz CT molecular complexity index is 946. The quantitative estimate of drug-likeness (QED) is 0.421. The van der Waals surface area contributed by atoms with E-state index in [9.17, 15) is 19.7 Å². The maximum Gasteiger partial charge on any atom is 0.346 e. The molecule has 0 saturated heterocycles. The van der Waals surface area contributed by atoms with Gasteiger partial charge in [-0.05, 0) is 18.4 Å². The van der Waals surface area contributed by atoms with E-state index in [-0.39, 0.29) is 36.2 Å². The molecule has 0 saturated carbocycles. The first-order chi connectivity index (χ1) is 14.4. The minimum absolute atomic E-state index is 0.0666. The zero-order chi connectivity index (χ0) is 21.7. The van der Waals surface area contributed by atoms with Crippen LogP contribution < -0.4 is 14.8 Å². The predicted molar refractivity (Wildman–Crippen MR) is 107 cm³/mol. The standard InChI is InChI=1S/C21H22N2O7/c1-13(15-6-4-3-5-7-15)12-22-20(24)14(2)30-21(25)16-10-18-19(29-9-8-28-18)11-17(16)23(26)27/h3-7,10-11,13-14H,8-9,12H2,1-2H3,(H,22,24). The molecule has 1 aliphatic heterocycles. The van der Waals surface area contributed by atoms with E-state index in [0.29, 0.717) is 6.54 Å². The van der Waals surface area contributed by atoms with Crippen molar-refractivity contribution in [3.05, 3.63) is 63.7 Å². The van der Waals surface area contributed by atoms with Gasteiger partial charge in [0, 0.05) is 12.6 Å². The third kappa shape index (κ3) is 4.86. The summed E-state index contributed by atoms with van der Waals surface area (Å²) in [7, 11) is 0. The molecule has 1 N–H and O–H groups in total. The number of carbonyl (C=O) groups is 2. The Morgan fingerprint density at radius 3 is 2.40 bits per heavy atom. The van der Waals surface area contributed by atoms with E-state index >= 15 is 0 Å². The first-order valence-corrected chi connectivity index (χ1v) is 9.48. The van der Waals surface area contributed by atoms with Crippen LogP contribution in [0.4, 0.5) is 5.69 Å². The molecule has 0 bridgehead atoms. The third-order valence-corrected chi connectivity index (χ3v) is 4.68. The molecule has 1 aliphatic rings. The molecular formula is C21H22N2O7. The zero-order valence-electron chi connectivity index (χ0n) is 16.6. The summed E-state index contributed by atoms with van der Waals surface area (Å²) in [5.41, 5.74) is 0.283. The van der Waals surface area contributed by atoms with Gasteiger partial charge in [0.15, 0.2) is 17.6 Å². The van der Waals surface area contributed by atoms with E-state index < -0.39 is 28.6 Å². The van der Waals surface area contributed by atoms with Crippen LogP contribution in [0.3, 0.4) is 0 Å². The van der Waals surface area contributed by atoms with Gasteiger partial charge in [0.2, 0.25) is 0 Å². The molecule has 1 amide bonds. The summed E-state index contributed by atoms with van der Waals surface area (Å²) in [6.45, 7) is 4.24. The van der Waals surface area contributed by atoms with Crippen molar-refractivity contribution in [2.45, 2.75) is 25.9 Å². The van der Waals surface area contributed by atoms with E-state index in [1.165, 1.54) is 13.0 Å². The number of amides is 1. The van der Waals surface area contributed by atoms with Crippen LogP contribution in [-0.4, -0.2) is 42.7 Å². The van der Waals surface area contributed by atoms with Crippen LogP contribution in [0.1, 0.15) is 35.7 Å². The first-order valence-electron chi connectivity index (χ1n) is 9.48. The lowest BCUT2D eigenvalue weighted by molar-refractivity contribution is -0.385. The van der Waals surface area contributed by atoms with Gasteiger partial charge in [-0.2, -0.15) is 0 Å². The summed E-state index contributed by atoms with van der Waals surface area (Å²) in [5, 5.41) is 14.1. The molecule has 1 heterocycles. The van der Waals surface area contributed by atoms with Gasteiger partial charge in [-0.1, -0.05) is 37.3 Å². The number of hydrogen-bond donors (Lipinski definition) is 1. The number of benzene rings is 2. The number of nitro benzene ring substituents is 1. The maximum absolute atomic E-state index is 12.5. The van der Waals surface area contributed by atoms with Crippen molar-refractivity contribution in [2.75, 3.05) is 19.8 Å². The van der Waals surface area contributed by atoms with Crippen LogP contribution in [0, 0.1) is 10.1 Å². The second-order valence-corrected chi connectivity index (χ2v) is 6.87. The second kappa shape index (κ2) is 9.25. The number of esters is 1. The van der Waals surface area contributed by atoms with Crippen molar-refractivity contribution in [3.8, 4) is 11.5 Å². The number of nitrogens with one attached hydrogen (secondary N) is 1. The van der Waals surface area contributed by atoms with Gasteiger partial charge >= 0.3 is 5.97 Å². The molecule has 0 aromatic heterocycles. The van der Waals surface area contributed by atoms with Crippen LogP contribution in [-0.2, 0) is 9.53 Å². The van der Waals surface area contributed by atoms with Crippen molar-refractivity contribution in [3.63, 3.8) is 0 Å². The molecule has 0 fully saturated rings. The second-order valence-electron chi connectivity index (χ2n) is 6.87. The summed E-state index contributed by atoms with van der Waals surface area (Å²) in [6.07, 6.45) is -1.13. The summed E-state index contributed by atoms with van der Waals surface area (Å²) in [5.74, 6) is -1.02. The molecule has 2 aromatic rings. The van der Waals surface area contributed by atoms with Crippen molar-refractivity contribution in [2.24, 2.45) is 0 Å². The largest absolute Gasteiger partial charge is 0.486 e. The topological polar surface area (TPSA) is 117 Å². The minimum atomic E-state index is -1.13. The fourth-order valence-electron chi connectivity index (χ4n) is 2.97. The van der Waals surface area contributed by atoms with E-state index in [1.54, 1.807) is 0 Å². The molecule has 158 valence electrons. The van der Waals surface area contributed by atoms with Crippen LogP contribution in [0.5, 0.6) is 11.5 Å². The van der Waals surface area contributed by atoms with Gasteiger partial charge in [0.25, 0.3) is 11.6 Å². The molecule has 0 spiro atoms. The molecule has 2 aromatic carbocycles. The molecule has 30 heavy (non-hydrogen) atoms. The number of hydrogen-bond acceptors (Lipinski definition) is 7. The molecule has 3 rings (SSSR count). The molecular weight excluding hydrogens is 392 g/mol. The van der Waals surface area contributed by atoms with Gasteiger partial charge in [-0.25, -0.2) is 4.79 Å². The highest BCUT2D eigenvalue weighted by Crippen LogP contribution is 2.37. The Hall–Kier alpha value is -3.62. The number of rotatable bonds is 7. The highest BCUT2D eigenvalue weighted by atomic mass is 16.6. The zero-order valence-corrected chi connectivity index (χ0v) is 16.6. The predicted octanol–water partition coefficient (Wildman–Crippen LogP) is 2.83.